The van der Waals surface area contributed by atoms with E-state index in [-0.39, 0.29) is 55.8 Å². The highest BCUT2D eigenvalue weighted by Gasteiger charge is 2.44. The average molecular weight is 1190 g/mol. The SMILES string of the molecule is C/C=C/C[C@@H](C)[C@@H](O)[C@H]1C(=O)N[C@@H](CC)C(=O)N(C)CC(=O)N(C)[C@H](CC(C)C)C(=O)N[C@H](C(C)C)C(=O)N(C)[C@H](CC(C)C)C(=O)N[C@@H](C)C(=O)N[C@H](C)C(=O)N(C)[C@@H](CC(C)C)C(=O)N(C)[C@@H](CC(C)C)C(=O)N[C@@H](C(C)C)C(=O)N1C. The molecule has 1 rings (SSSR count). The van der Waals surface area contributed by atoms with E-state index in [4.69, 9.17) is 0 Å². The van der Waals surface area contributed by atoms with Gasteiger partial charge >= 0.3 is 0 Å². The van der Waals surface area contributed by atoms with E-state index in [2.05, 4.69) is 26.6 Å². The number of aliphatic hydroxyl groups is 1. The molecule has 1 saturated heterocycles. The number of carbonyl (C=O) groups excluding carboxylic acids is 11. The second-order valence-electron chi connectivity index (χ2n) is 25.7. The lowest BCUT2D eigenvalue weighted by molar-refractivity contribution is -0.151. The Hall–Kier alpha value is -6.13. The number of rotatable bonds is 15. The van der Waals surface area contributed by atoms with Crippen LogP contribution in [-0.2, 0) is 52.7 Å². The van der Waals surface area contributed by atoms with Gasteiger partial charge in [0.15, 0.2) is 0 Å². The molecule has 0 aromatic rings. The fraction of sp³-hybridized carbons (Fsp3) is 0.787. The molecule has 1 aliphatic heterocycles. The van der Waals surface area contributed by atoms with Crippen LogP contribution in [0.3, 0.4) is 0 Å². The van der Waals surface area contributed by atoms with E-state index in [9.17, 15) is 57.8 Å². The van der Waals surface area contributed by atoms with Gasteiger partial charge in [0.25, 0.3) is 0 Å². The normalized spacial score (nSPS) is 27.0. The molecule has 0 saturated carbocycles. The van der Waals surface area contributed by atoms with Crippen molar-refractivity contribution in [1.29, 1.82) is 0 Å². The van der Waals surface area contributed by atoms with Gasteiger partial charge in [0.2, 0.25) is 65.0 Å². The molecule has 12 atom stereocenters. The maximum Gasteiger partial charge on any atom is 0.246 e. The highest BCUT2D eigenvalue weighted by molar-refractivity contribution is 5.99. The van der Waals surface area contributed by atoms with Crippen LogP contribution >= 0.6 is 0 Å². The molecule has 0 aliphatic carbocycles. The van der Waals surface area contributed by atoms with Gasteiger partial charge in [-0.1, -0.05) is 109 Å². The highest BCUT2D eigenvalue weighted by Crippen LogP contribution is 2.23. The standard InChI is InChI=1S/C61H109N11O12/c1-24-26-27-39(15)51(74)50-56(79)64-42(25-2)58(81)67(18)32-47(73)68(19)43(28-33(3)4)54(77)65-48(37(11)12)60(83)70(21)44(29-34(5)6)53(76)62-40(16)52(75)63-41(17)57(80)71(22)46(31-36(9)10)59(82)69(20)45(30-35(7)8)55(78)66-49(38(13)14)61(84)72(50)23/h24,26,33-46,48-51,74H,25,27-32H2,1-23H3,(H,62,76)(H,63,75)(H,64,79)(H,65,77)(H,66,78)/b26-24+/t39-,40+,41-,42+,43-,44-,45+,46+,48-,49+,50+,51-/m1/s1. The molecule has 11 amide bonds. The Kier molecular flexibility index (Phi) is 31.4. The van der Waals surface area contributed by atoms with Gasteiger partial charge in [-0.15, -0.1) is 0 Å². The Morgan fingerprint density at radius 2 is 0.845 bits per heavy atom. The third-order valence-electron chi connectivity index (χ3n) is 15.7. The average Bonchev–Trinajstić information content (AvgIpc) is 3.62. The summed E-state index contributed by atoms with van der Waals surface area (Å²) < 4.78 is 0. The third kappa shape index (κ3) is 21.7. The Bertz CT molecular complexity index is 2290. The molecule has 23 nitrogen and oxygen atoms in total. The van der Waals surface area contributed by atoms with Crippen LogP contribution in [0.4, 0.5) is 0 Å². The van der Waals surface area contributed by atoms with Crippen molar-refractivity contribution >= 4 is 65.0 Å². The van der Waals surface area contributed by atoms with Crippen molar-refractivity contribution in [3.63, 3.8) is 0 Å². The highest BCUT2D eigenvalue weighted by atomic mass is 16.3. The number of carbonyl (C=O) groups is 11. The van der Waals surface area contributed by atoms with E-state index < -0.39 is 156 Å². The summed E-state index contributed by atoms with van der Waals surface area (Å²) in [6, 6.07) is -12.4. The van der Waals surface area contributed by atoms with Gasteiger partial charge in [-0.25, -0.2) is 0 Å². The quantitative estimate of drug-likeness (QED) is 0.129. The van der Waals surface area contributed by atoms with Crippen LogP contribution in [0, 0.1) is 41.4 Å². The van der Waals surface area contributed by atoms with Crippen LogP contribution in [0.25, 0.3) is 0 Å². The van der Waals surface area contributed by atoms with Crippen LogP contribution in [0.5, 0.6) is 0 Å². The van der Waals surface area contributed by atoms with E-state index in [1.807, 2.05) is 55.4 Å². The minimum Gasteiger partial charge on any atom is -0.390 e. The van der Waals surface area contributed by atoms with Crippen molar-refractivity contribution < 1.29 is 57.8 Å². The van der Waals surface area contributed by atoms with Crippen molar-refractivity contribution in [2.24, 2.45) is 41.4 Å². The second-order valence-corrected chi connectivity index (χ2v) is 25.7. The van der Waals surface area contributed by atoms with Crippen molar-refractivity contribution in [3.8, 4) is 0 Å². The summed E-state index contributed by atoms with van der Waals surface area (Å²) in [5.41, 5.74) is 0. The lowest BCUT2D eigenvalue weighted by Gasteiger charge is -2.39. The second kappa shape index (κ2) is 34.7. The van der Waals surface area contributed by atoms with Crippen molar-refractivity contribution in [2.45, 2.75) is 223 Å². The Labute approximate surface area is 502 Å². The number of nitrogens with one attached hydrogen (secondary N) is 5. The Morgan fingerprint density at radius 3 is 1.26 bits per heavy atom. The van der Waals surface area contributed by atoms with Crippen LogP contribution in [0.1, 0.15) is 156 Å². The Morgan fingerprint density at radius 1 is 0.464 bits per heavy atom. The fourth-order valence-corrected chi connectivity index (χ4v) is 10.2. The summed E-state index contributed by atoms with van der Waals surface area (Å²) in [5, 5.41) is 25.8. The number of aliphatic hydroxyl groups excluding tert-OH is 1. The van der Waals surface area contributed by atoms with E-state index in [0.29, 0.717) is 6.42 Å². The number of amides is 11. The Balaban J connectivity index is 4.26. The van der Waals surface area contributed by atoms with Crippen LogP contribution in [0.15, 0.2) is 12.2 Å². The van der Waals surface area contributed by atoms with Gasteiger partial charge in [0.05, 0.1) is 12.6 Å². The van der Waals surface area contributed by atoms with Gasteiger partial charge in [0, 0.05) is 42.3 Å². The molecule has 0 bridgehead atoms. The van der Waals surface area contributed by atoms with Crippen LogP contribution in [-0.4, -0.2) is 215 Å². The molecule has 0 spiro atoms. The van der Waals surface area contributed by atoms with Crippen LogP contribution < -0.4 is 26.6 Å². The third-order valence-corrected chi connectivity index (χ3v) is 15.7. The molecular weight excluding hydrogens is 1080 g/mol. The molecule has 1 aliphatic rings. The zero-order valence-corrected chi connectivity index (χ0v) is 55.1. The molecule has 23 heteroatoms. The number of hydrogen-bond acceptors (Lipinski definition) is 12. The van der Waals surface area contributed by atoms with Gasteiger partial charge < -0.3 is 61.1 Å². The van der Waals surface area contributed by atoms with Crippen molar-refractivity contribution in [2.75, 3.05) is 48.8 Å². The maximum absolute atomic E-state index is 14.9. The van der Waals surface area contributed by atoms with Crippen LogP contribution in [0.2, 0.25) is 0 Å². The van der Waals surface area contributed by atoms with E-state index in [1.165, 1.54) is 75.7 Å². The molecule has 0 radical (unpaired) electrons. The minimum absolute atomic E-state index is 0.0217. The van der Waals surface area contributed by atoms with Gasteiger partial charge in [0.1, 0.15) is 60.4 Å². The van der Waals surface area contributed by atoms with E-state index >= 15 is 0 Å². The molecule has 1 fully saturated rings. The number of likely N-dealkylation sites (N-methyl/N-ethyl adjacent to an activating group) is 6. The summed E-state index contributed by atoms with van der Waals surface area (Å²) >= 11 is 0. The zero-order valence-electron chi connectivity index (χ0n) is 55.1. The van der Waals surface area contributed by atoms with E-state index in [0.717, 1.165) is 9.80 Å². The largest absolute Gasteiger partial charge is 0.390 e. The van der Waals surface area contributed by atoms with E-state index in [1.54, 1.807) is 60.6 Å². The molecule has 84 heavy (non-hydrogen) atoms. The zero-order chi connectivity index (χ0) is 65.1. The smallest absolute Gasteiger partial charge is 0.246 e. The lowest BCUT2D eigenvalue weighted by atomic mass is 9.91. The first-order valence-electron chi connectivity index (χ1n) is 30.2. The number of allylic oxidation sites excluding steroid dienone is 2. The maximum atomic E-state index is 14.9. The molecule has 0 aromatic carbocycles. The number of hydrogen-bond donors (Lipinski definition) is 6. The molecule has 0 unspecified atom stereocenters. The lowest BCUT2D eigenvalue weighted by Crippen LogP contribution is -2.63. The summed E-state index contributed by atoms with van der Waals surface area (Å²) in [4.78, 5) is 166. The first kappa shape index (κ1) is 75.9. The minimum atomic E-state index is -1.61. The van der Waals surface area contributed by atoms with Gasteiger partial charge in [-0.2, -0.15) is 0 Å². The molecular formula is C61H109N11O12. The molecule has 6 N–H and O–H groups in total. The van der Waals surface area contributed by atoms with Gasteiger partial charge in [-0.3, -0.25) is 52.7 Å². The first-order valence-corrected chi connectivity index (χ1v) is 30.2. The fourth-order valence-electron chi connectivity index (χ4n) is 10.2. The summed E-state index contributed by atoms with van der Waals surface area (Å²) in [6.45, 7) is 29.2. The summed E-state index contributed by atoms with van der Waals surface area (Å²) in [6.07, 6.45) is 3.01. The molecule has 480 valence electrons. The first-order chi connectivity index (χ1) is 38.8. The monoisotopic (exact) mass is 1190 g/mol. The van der Waals surface area contributed by atoms with Gasteiger partial charge in [-0.05, 0) is 101 Å². The number of nitrogens with zero attached hydrogens (tertiary/aromatic N) is 6. The summed E-state index contributed by atoms with van der Waals surface area (Å²) in [7, 11) is 8.42. The van der Waals surface area contributed by atoms with Crippen molar-refractivity contribution in [1.82, 2.24) is 56.0 Å². The predicted molar refractivity (Wildman–Crippen MR) is 324 cm³/mol. The molecule has 1 heterocycles. The van der Waals surface area contributed by atoms with Crippen molar-refractivity contribution in [3.05, 3.63) is 12.2 Å². The predicted octanol–water partition coefficient (Wildman–Crippen LogP) is 2.93. The topological polar surface area (TPSA) is 288 Å². The molecule has 0 aromatic heterocycles. The summed E-state index contributed by atoms with van der Waals surface area (Å²) in [5.74, 6) is -9.87.